The van der Waals surface area contributed by atoms with E-state index in [1.807, 2.05) is 24.3 Å². The van der Waals surface area contributed by atoms with E-state index in [1.54, 1.807) is 0 Å². The smallest absolute Gasteiger partial charge is 0.238 e. The van der Waals surface area contributed by atoms with Gasteiger partial charge >= 0.3 is 0 Å². The molecule has 6 heteroatoms. The molecule has 1 aromatic rings. The molecule has 1 saturated carbocycles. The topological polar surface area (TPSA) is 54.0 Å². The lowest BCUT2D eigenvalue weighted by molar-refractivity contribution is -0.118. The number of hydrogen-bond acceptors (Lipinski definition) is 5. The van der Waals surface area contributed by atoms with E-state index in [0.717, 1.165) is 56.5 Å². The average Bonchev–Trinajstić information content (AvgIpc) is 2.64. The molecule has 0 spiro atoms. The molecule has 27 heavy (non-hydrogen) atoms. The van der Waals surface area contributed by atoms with Gasteiger partial charge in [-0.15, -0.1) is 0 Å². The van der Waals surface area contributed by atoms with Crippen LogP contribution in [0.1, 0.15) is 32.1 Å². The van der Waals surface area contributed by atoms with Gasteiger partial charge in [0, 0.05) is 32.2 Å². The zero-order chi connectivity index (χ0) is 18.5. The molecule has 0 aromatic heterocycles. The summed E-state index contributed by atoms with van der Waals surface area (Å²) in [4.78, 5) is 17.2. The van der Waals surface area contributed by atoms with Crippen molar-refractivity contribution in [3.63, 3.8) is 0 Å². The molecule has 3 fully saturated rings. The lowest BCUT2D eigenvalue weighted by Crippen LogP contribution is -2.46. The summed E-state index contributed by atoms with van der Waals surface area (Å²) in [6, 6.07) is 8.61. The van der Waals surface area contributed by atoms with E-state index < -0.39 is 0 Å². The van der Waals surface area contributed by atoms with Crippen LogP contribution in [0.5, 0.6) is 5.75 Å². The number of anilines is 1. The predicted molar refractivity (Wildman–Crippen MR) is 105 cm³/mol. The Hall–Kier alpha value is -1.63. The molecule has 1 aliphatic carbocycles. The number of nitrogens with one attached hydrogen (secondary N) is 1. The molecule has 148 valence electrons. The van der Waals surface area contributed by atoms with Crippen LogP contribution in [0.25, 0.3) is 0 Å². The zero-order valence-corrected chi connectivity index (χ0v) is 16.1. The molecule has 0 unspecified atom stereocenters. The minimum absolute atomic E-state index is 0.00718. The van der Waals surface area contributed by atoms with Gasteiger partial charge in [0.25, 0.3) is 0 Å². The number of rotatable bonds is 6. The minimum Gasteiger partial charge on any atom is -0.488 e. The number of benzene rings is 1. The predicted octanol–water partition coefficient (Wildman–Crippen LogP) is 2.35. The van der Waals surface area contributed by atoms with Gasteiger partial charge in [0.1, 0.15) is 11.9 Å². The van der Waals surface area contributed by atoms with Gasteiger partial charge in [0.15, 0.2) is 0 Å². The number of morpholine rings is 1. The van der Waals surface area contributed by atoms with Crippen molar-refractivity contribution in [1.29, 1.82) is 0 Å². The summed E-state index contributed by atoms with van der Waals surface area (Å²) >= 11 is 0. The van der Waals surface area contributed by atoms with Crippen molar-refractivity contribution in [2.24, 2.45) is 0 Å². The first-order valence-corrected chi connectivity index (χ1v) is 10.4. The van der Waals surface area contributed by atoms with E-state index in [2.05, 4.69) is 15.1 Å². The number of para-hydroxylation sites is 2. The third-order valence-electron chi connectivity index (χ3n) is 5.99. The molecule has 0 atom stereocenters. The average molecular weight is 373 g/mol. The van der Waals surface area contributed by atoms with E-state index >= 15 is 0 Å². The maximum atomic E-state index is 12.4. The Morgan fingerprint density at radius 1 is 1.07 bits per heavy atom. The molecule has 1 N–H and O–H groups in total. The second-order valence-corrected chi connectivity index (χ2v) is 7.87. The van der Waals surface area contributed by atoms with Crippen LogP contribution in [0, 0.1) is 0 Å². The fraction of sp³-hybridized carbons (Fsp3) is 0.667. The van der Waals surface area contributed by atoms with Crippen molar-refractivity contribution in [2.75, 3.05) is 51.3 Å². The summed E-state index contributed by atoms with van der Waals surface area (Å²) in [6.07, 6.45) is 6.48. The highest BCUT2D eigenvalue weighted by Crippen LogP contribution is 2.30. The molecule has 2 heterocycles. The highest BCUT2D eigenvalue weighted by atomic mass is 16.5. The molecule has 2 aliphatic heterocycles. The van der Waals surface area contributed by atoms with E-state index in [-0.39, 0.29) is 12.0 Å². The van der Waals surface area contributed by atoms with E-state index in [0.29, 0.717) is 19.8 Å². The standard InChI is InChI=1S/C21H31N3O3/c25-21(16-23-12-14-26-15-13-23)22-19-6-1-2-7-20(19)27-18-8-10-24(11-9-18)17-4-3-5-17/h1-2,6-7,17-18H,3-5,8-16H2,(H,22,25). The van der Waals surface area contributed by atoms with Crippen molar-refractivity contribution in [3.05, 3.63) is 24.3 Å². The Morgan fingerprint density at radius 2 is 1.81 bits per heavy atom. The van der Waals surface area contributed by atoms with Gasteiger partial charge in [-0.2, -0.15) is 0 Å². The summed E-state index contributed by atoms with van der Waals surface area (Å²) in [7, 11) is 0. The molecule has 1 aromatic carbocycles. The molecule has 4 rings (SSSR count). The van der Waals surface area contributed by atoms with Gasteiger partial charge in [-0.1, -0.05) is 18.6 Å². The highest BCUT2D eigenvalue weighted by Gasteiger charge is 2.29. The third-order valence-corrected chi connectivity index (χ3v) is 5.99. The van der Waals surface area contributed by atoms with Gasteiger partial charge in [0.2, 0.25) is 5.91 Å². The van der Waals surface area contributed by atoms with Crippen LogP contribution in [0.3, 0.4) is 0 Å². The summed E-state index contributed by atoms with van der Waals surface area (Å²) in [5.41, 5.74) is 0.775. The maximum absolute atomic E-state index is 12.4. The fourth-order valence-electron chi connectivity index (χ4n) is 4.11. The summed E-state index contributed by atoms with van der Waals surface area (Å²) in [5, 5.41) is 3.04. The largest absolute Gasteiger partial charge is 0.488 e. The second kappa shape index (κ2) is 9.04. The molecule has 6 nitrogen and oxygen atoms in total. The van der Waals surface area contributed by atoms with Gasteiger partial charge < -0.3 is 19.7 Å². The van der Waals surface area contributed by atoms with Crippen LogP contribution < -0.4 is 10.1 Å². The Balaban J connectivity index is 1.29. The molecule has 2 saturated heterocycles. The number of likely N-dealkylation sites (tertiary alicyclic amines) is 1. The van der Waals surface area contributed by atoms with Crippen LogP contribution in [0.15, 0.2) is 24.3 Å². The number of ether oxygens (including phenoxy) is 2. The monoisotopic (exact) mass is 373 g/mol. The lowest BCUT2D eigenvalue weighted by Gasteiger charge is -2.41. The molecular weight excluding hydrogens is 342 g/mol. The highest BCUT2D eigenvalue weighted by molar-refractivity contribution is 5.93. The Labute approximate surface area is 161 Å². The Bertz CT molecular complexity index is 621. The molecule has 3 aliphatic rings. The minimum atomic E-state index is 0.00718. The maximum Gasteiger partial charge on any atom is 0.238 e. The first-order chi connectivity index (χ1) is 13.3. The van der Waals surface area contributed by atoms with Crippen LogP contribution in [-0.2, 0) is 9.53 Å². The number of carbonyl (C=O) groups is 1. The normalized spacial score (nSPS) is 23.0. The first kappa shape index (κ1) is 18.7. The Kier molecular flexibility index (Phi) is 6.27. The fourth-order valence-corrected chi connectivity index (χ4v) is 4.11. The molecule has 1 amide bonds. The SMILES string of the molecule is O=C(CN1CCOCC1)Nc1ccccc1OC1CCN(C2CCC2)CC1. The van der Waals surface area contributed by atoms with Gasteiger partial charge in [-0.25, -0.2) is 0 Å². The van der Waals surface area contributed by atoms with Crippen LogP contribution in [-0.4, -0.2) is 73.8 Å². The van der Waals surface area contributed by atoms with E-state index in [1.165, 1.54) is 19.3 Å². The van der Waals surface area contributed by atoms with Crippen molar-refractivity contribution in [3.8, 4) is 5.75 Å². The van der Waals surface area contributed by atoms with Crippen molar-refractivity contribution in [1.82, 2.24) is 9.80 Å². The second-order valence-electron chi connectivity index (χ2n) is 7.87. The molecule has 0 radical (unpaired) electrons. The number of nitrogens with zero attached hydrogens (tertiary/aromatic N) is 2. The lowest BCUT2D eigenvalue weighted by atomic mass is 9.90. The number of amides is 1. The van der Waals surface area contributed by atoms with E-state index in [9.17, 15) is 4.79 Å². The molecular formula is C21H31N3O3. The van der Waals surface area contributed by atoms with Crippen LogP contribution in [0.4, 0.5) is 5.69 Å². The number of hydrogen-bond donors (Lipinski definition) is 1. The molecule has 0 bridgehead atoms. The zero-order valence-electron chi connectivity index (χ0n) is 16.1. The summed E-state index contributed by atoms with van der Waals surface area (Å²) < 4.78 is 11.6. The van der Waals surface area contributed by atoms with Crippen molar-refractivity contribution >= 4 is 11.6 Å². The van der Waals surface area contributed by atoms with Crippen LogP contribution in [0.2, 0.25) is 0 Å². The van der Waals surface area contributed by atoms with Crippen molar-refractivity contribution in [2.45, 2.75) is 44.2 Å². The van der Waals surface area contributed by atoms with Gasteiger partial charge in [0.05, 0.1) is 25.4 Å². The summed E-state index contributed by atoms with van der Waals surface area (Å²) in [6.45, 7) is 5.68. The quantitative estimate of drug-likeness (QED) is 0.830. The van der Waals surface area contributed by atoms with Gasteiger partial charge in [-0.3, -0.25) is 9.69 Å². The Morgan fingerprint density at radius 3 is 2.52 bits per heavy atom. The summed E-state index contributed by atoms with van der Waals surface area (Å²) in [5.74, 6) is 0.794. The first-order valence-electron chi connectivity index (χ1n) is 10.4. The van der Waals surface area contributed by atoms with Crippen LogP contribution >= 0.6 is 0 Å². The third kappa shape index (κ3) is 5.00. The number of carbonyl (C=O) groups excluding carboxylic acids is 1. The number of piperidine rings is 1. The van der Waals surface area contributed by atoms with E-state index in [4.69, 9.17) is 9.47 Å². The van der Waals surface area contributed by atoms with Crippen molar-refractivity contribution < 1.29 is 14.3 Å². The van der Waals surface area contributed by atoms with Gasteiger partial charge in [-0.05, 0) is 37.8 Å².